The third-order valence-electron chi connectivity index (χ3n) is 4.42. The molecule has 2 bridgehead atoms. The summed E-state index contributed by atoms with van der Waals surface area (Å²) in [6.45, 7) is 0.578. The molecule has 2 aliphatic carbocycles. The van der Waals surface area contributed by atoms with Crippen molar-refractivity contribution >= 4 is 11.9 Å². The summed E-state index contributed by atoms with van der Waals surface area (Å²) in [7, 11) is 3.47. The number of carboxylic acid groups (broad SMARTS) is 1. The van der Waals surface area contributed by atoms with Crippen molar-refractivity contribution < 1.29 is 14.7 Å². The summed E-state index contributed by atoms with van der Waals surface area (Å²) in [6.07, 6.45) is 3.66. The number of hydrogen-bond acceptors (Lipinski definition) is 3. The van der Waals surface area contributed by atoms with Crippen LogP contribution in [0.4, 0.5) is 0 Å². The van der Waals surface area contributed by atoms with Crippen LogP contribution in [-0.2, 0) is 9.59 Å². The summed E-state index contributed by atoms with van der Waals surface area (Å²) in [5.41, 5.74) is 0. The van der Waals surface area contributed by atoms with Crippen molar-refractivity contribution in [3.8, 4) is 0 Å². The van der Waals surface area contributed by atoms with Gasteiger partial charge in [0.1, 0.15) is 0 Å². The van der Waals surface area contributed by atoms with Gasteiger partial charge in [0.25, 0.3) is 0 Å². The average molecular weight is 254 g/mol. The maximum absolute atomic E-state index is 11.5. The first-order chi connectivity index (χ1) is 8.50. The van der Waals surface area contributed by atoms with Crippen molar-refractivity contribution in [1.82, 2.24) is 10.2 Å². The van der Waals surface area contributed by atoms with E-state index in [1.807, 2.05) is 0 Å². The molecule has 0 radical (unpaired) electrons. The Hall–Kier alpha value is -1.10. The summed E-state index contributed by atoms with van der Waals surface area (Å²) in [4.78, 5) is 24.3. The Balaban J connectivity index is 1.85. The summed E-state index contributed by atoms with van der Waals surface area (Å²) in [6, 6.07) is 0.0659. The van der Waals surface area contributed by atoms with E-state index in [1.165, 1.54) is 0 Å². The number of aliphatic carboxylic acids is 1. The molecule has 5 heteroatoms. The summed E-state index contributed by atoms with van der Waals surface area (Å²) >= 11 is 0. The van der Waals surface area contributed by atoms with Gasteiger partial charge in [-0.2, -0.15) is 0 Å². The molecule has 1 amide bonds. The topological polar surface area (TPSA) is 69.6 Å². The van der Waals surface area contributed by atoms with E-state index in [9.17, 15) is 14.7 Å². The van der Waals surface area contributed by atoms with Crippen LogP contribution in [0.2, 0.25) is 0 Å². The number of carbonyl (C=O) groups excluding carboxylic acids is 1. The van der Waals surface area contributed by atoms with Crippen LogP contribution in [-0.4, -0.2) is 48.6 Å². The summed E-state index contributed by atoms with van der Waals surface area (Å²) in [5.74, 6) is -0.0190. The van der Waals surface area contributed by atoms with Gasteiger partial charge in [0.2, 0.25) is 5.91 Å². The Kier molecular flexibility index (Phi) is 3.90. The number of rotatable bonds is 5. The van der Waals surface area contributed by atoms with Crippen LogP contribution in [0, 0.1) is 17.8 Å². The number of nitrogens with zero attached hydrogens (tertiary/aromatic N) is 1. The van der Waals surface area contributed by atoms with Crippen molar-refractivity contribution in [3.63, 3.8) is 0 Å². The van der Waals surface area contributed by atoms with Gasteiger partial charge < -0.3 is 15.3 Å². The van der Waals surface area contributed by atoms with E-state index in [2.05, 4.69) is 5.32 Å². The Morgan fingerprint density at radius 2 is 1.94 bits per heavy atom. The number of amides is 1. The molecule has 2 fully saturated rings. The first kappa shape index (κ1) is 13.3. The van der Waals surface area contributed by atoms with Crippen LogP contribution in [0.3, 0.4) is 0 Å². The van der Waals surface area contributed by atoms with Crippen LogP contribution >= 0.6 is 0 Å². The SMILES string of the molecule is CN(C)C(=O)CCNC1C2CCC(C2)C1C(=O)O. The lowest BCUT2D eigenvalue weighted by Gasteiger charge is -2.29. The molecule has 0 aliphatic heterocycles. The highest BCUT2D eigenvalue weighted by Crippen LogP contribution is 2.48. The van der Waals surface area contributed by atoms with Crippen LogP contribution in [0.15, 0.2) is 0 Å². The normalized spacial score (nSPS) is 33.7. The zero-order valence-corrected chi connectivity index (χ0v) is 11.1. The molecular formula is C13H22N2O3. The fourth-order valence-corrected chi connectivity index (χ4v) is 3.51. The van der Waals surface area contributed by atoms with E-state index in [0.29, 0.717) is 24.8 Å². The number of carboxylic acids is 1. The van der Waals surface area contributed by atoms with Gasteiger partial charge in [-0.3, -0.25) is 9.59 Å². The van der Waals surface area contributed by atoms with Crippen LogP contribution < -0.4 is 5.32 Å². The smallest absolute Gasteiger partial charge is 0.308 e. The molecule has 0 aromatic carbocycles. The van der Waals surface area contributed by atoms with Crippen molar-refractivity contribution in [2.75, 3.05) is 20.6 Å². The van der Waals surface area contributed by atoms with Crippen molar-refractivity contribution in [2.24, 2.45) is 17.8 Å². The predicted octanol–water partition coefficient (Wildman–Crippen LogP) is 0.554. The average Bonchev–Trinajstić information content (AvgIpc) is 2.88. The molecule has 2 saturated carbocycles. The number of carbonyl (C=O) groups is 2. The number of nitrogens with one attached hydrogen (secondary N) is 1. The van der Waals surface area contributed by atoms with Gasteiger partial charge in [0.05, 0.1) is 5.92 Å². The molecule has 0 spiro atoms. The fraction of sp³-hybridized carbons (Fsp3) is 0.846. The van der Waals surface area contributed by atoms with Gasteiger partial charge in [-0.15, -0.1) is 0 Å². The van der Waals surface area contributed by atoms with Gasteiger partial charge in [-0.1, -0.05) is 0 Å². The maximum atomic E-state index is 11.5. The monoisotopic (exact) mass is 254 g/mol. The summed E-state index contributed by atoms with van der Waals surface area (Å²) < 4.78 is 0. The Bertz CT molecular complexity index is 343. The second kappa shape index (κ2) is 5.26. The third-order valence-corrected chi connectivity index (χ3v) is 4.42. The molecule has 4 unspecified atom stereocenters. The highest BCUT2D eigenvalue weighted by molar-refractivity contribution is 5.75. The van der Waals surface area contributed by atoms with E-state index < -0.39 is 5.97 Å². The van der Waals surface area contributed by atoms with Gasteiger partial charge in [-0.25, -0.2) is 0 Å². The van der Waals surface area contributed by atoms with Crippen molar-refractivity contribution in [2.45, 2.75) is 31.7 Å². The molecule has 0 aromatic heterocycles. The molecule has 5 nitrogen and oxygen atoms in total. The van der Waals surface area contributed by atoms with Gasteiger partial charge in [0, 0.05) is 33.1 Å². The Morgan fingerprint density at radius 3 is 2.56 bits per heavy atom. The van der Waals surface area contributed by atoms with Crippen LogP contribution in [0.1, 0.15) is 25.7 Å². The molecule has 2 N–H and O–H groups in total. The Labute approximate surface area is 108 Å². The maximum Gasteiger partial charge on any atom is 0.308 e. The minimum absolute atomic E-state index is 0.0659. The molecule has 18 heavy (non-hydrogen) atoms. The first-order valence-electron chi connectivity index (χ1n) is 6.67. The minimum atomic E-state index is -0.682. The van der Waals surface area contributed by atoms with Crippen LogP contribution in [0.5, 0.6) is 0 Å². The molecule has 2 rings (SSSR count). The van der Waals surface area contributed by atoms with Crippen molar-refractivity contribution in [3.05, 3.63) is 0 Å². The molecule has 0 saturated heterocycles. The number of fused-ring (bicyclic) bond motifs is 2. The van der Waals surface area contributed by atoms with Crippen LogP contribution in [0.25, 0.3) is 0 Å². The van der Waals surface area contributed by atoms with Gasteiger partial charge in [0.15, 0.2) is 0 Å². The second-order valence-electron chi connectivity index (χ2n) is 5.72. The highest BCUT2D eigenvalue weighted by Gasteiger charge is 2.50. The van der Waals surface area contributed by atoms with Crippen molar-refractivity contribution in [1.29, 1.82) is 0 Å². The molecule has 2 aliphatic rings. The number of hydrogen-bond donors (Lipinski definition) is 2. The standard InChI is InChI=1S/C13H22N2O3/c1-15(2)10(16)5-6-14-12-9-4-3-8(7-9)11(12)13(17)18/h8-9,11-12,14H,3-7H2,1-2H3,(H,17,18). The molecule has 4 atom stereocenters. The highest BCUT2D eigenvalue weighted by atomic mass is 16.4. The molecule has 0 aromatic rings. The summed E-state index contributed by atoms with van der Waals surface area (Å²) in [5, 5.41) is 12.6. The molecule has 0 heterocycles. The van der Waals surface area contributed by atoms with E-state index in [1.54, 1.807) is 19.0 Å². The lowest BCUT2D eigenvalue weighted by molar-refractivity contribution is -0.144. The third kappa shape index (κ3) is 2.51. The minimum Gasteiger partial charge on any atom is -0.481 e. The molecular weight excluding hydrogens is 232 g/mol. The van der Waals surface area contributed by atoms with E-state index in [0.717, 1.165) is 19.3 Å². The lowest BCUT2D eigenvalue weighted by Crippen LogP contribution is -2.45. The van der Waals surface area contributed by atoms with Gasteiger partial charge in [-0.05, 0) is 31.1 Å². The lowest BCUT2D eigenvalue weighted by atomic mass is 9.84. The quantitative estimate of drug-likeness (QED) is 0.752. The Morgan fingerprint density at radius 1 is 1.28 bits per heavy atom. The zero-order chi connectivity index (χ0) is 13.3. The van der Waals surface area contributed by atoms with E-state index in [-0.39, 0.29) is 17.9 Å². The predicted molar refractivity (Wildman–Crippen MR) is 67.1 cm³/mol. The first-order valence-corrected chi connectivity index (χ1v) is 6.67. The zero-order valence-electron chi connectivity index (χ0n) is 11.1. The largest absolute Gasteiger partial charge is 0.481 e. The van der Waals surface area contributed by atoms with E-state index in [4.69, 9.17) is 0 Å². The molecule has 102 valence electrons. The fourth-order valence-electron chi connectivity index (χ4n) is 3.51. The second-order valence-corrected chi connectivity index (χ2v) is 5.72. The van der Waals surface area contributed by atoms with Gasteiger partial charge >= 0.3 is 5.97 Å². The van der Waals surface area contributed by atoms with E-state index >= 15 is 0 Å².